The Morgan fingerprint density at radius 1 is 0.714 bits per heavy atom. The van der Waals surface area contributed by atoms with Crippen molar-refractivity contribution in [3.8, 4) is 0 Å². The fraction of sp³-hybridized carbons (Fsp3) is 0.300. The number of hydrogen-bond acceptors (Lipinski definition) is 4. The molecule has 4 nitrogen and oxygen atoms in total. The van der Waals surface area contributed by atoms with E-state index in [-0.39, 0.29) is 0 Å². The van der Waals surface area contributed by atoms with Crippen LogP contribution in [0.25, 0.3) is 0 Å². The molecule has 0 aromatic heterocycles. The highest BCUT2D eigenvalue weighted by molar-refractivity contribution is 7.02. The average Bonchev–Trinajstić information content (AvgIpc) is 2.60. The van der Waals surface area contributed by atoms with E-state index in [0.717, 1.165) is 10.4 Å². The van der Waals surface area contributed by atoms with E-state index in [9.17, 15) is 4.80 Å². The summed E-state index contributed by atoms with van der Waals surface area (Å²) in [5.74, 6) is 0. The van der Waals surface area contributed by atoms with Gasteiger partial charge in [0.1, 0.15) is 0 Å². The summed E-state index contributed by atoms with van der Waals surface area (Å²) in [4.78, 5) is 10.8. The monoisotopic (exact) mass is 448 g/mol. The summed E-state index contributed by atoms with van der Waals surface area (Å²) in [6.07, 6.45) is 0. The first-order valence-corrected chi connectivity index (χ1v) is 19.9. The van der Waals surface area contributed by atoms with E-state index in [1.807, 2.05) is 79.5 Å². The standard InChI is InChI=1S/C20H32O4Si4/c1-8-25(2,3)22-27(6,7)24-28(23-26(4,5)21,19-15-11-9-12-16-19)20-17-13-10-14-18-20/h8-18,21H,1H2,2-7H3. The molecule has 0 spiro atoms. The van der Waals surface area contributed by atoms with Gasteiger partial charge in [-0.05, 0) is 49.7 Å². The maximum absolute atomic E-state index is 10.8. The quantitative estimate of drug-likeness (QED) is 0.595. The lowest BCUT2D eigenvalue weighted by molar-refractivity contribution is 0.308. The molecule has 0 heterocycles. The highest BCUT2D eigenvalue weighted by Crippen LogP contribution is 2.24. The second-order valence-corrected chi connectivity index (χ2v) is 22.5. The minimum absolute atomic E-state index is 0.970. The lowest BCUT2D eigenvalue weighted by atomic mass is 10.4. The largest absolute Gasteiger partial charge is 0.433 e. The van der Waals surface area contributed by atoms with Crippen molar-refractivity contribution in [1.29, 1.82) is 0 Å². The third-order valence-electron chi connectivity index (χ3n) is 4.09. The Balaban J connectivity index is 2.64. The first-order chi connectivity index (χ1) is 12.9. The molecule has 2 aromatic carbocycles. The summed E-state index contributed by atoms with van der Waals surface area (Å²) in [5.41, 5.74) is 1.92. The van der Waals surface area contributed by atoms with E-state index < -0.39 is 34.0 Å². The van der Waals surface area contributed by atoms with Crippen molar-refractivity contribution in [3.05, 3.63) is 72.9 Å². The Morgan fingerprint density at radius 3 is 1.50 bits per heavy atom. The van der Waals surface area contributed by atoms with Gasteiger partial charge in [-0.2, -0.15) is 0 Å². The van der Waals surface area contributed by atoms with Crippen molar-refractivity contribution < 1.29 is 17.1 Å². The molecule has 2 rings (SSSR count). The number of rotatable bonds is 9. The molecule has 152 valence electrons. The van der Waals surface area contributed by atoms with Gasteiger partial charge < -0.3 is 17.1 Å². The minimum Gasteiger partial charge on any atom is -0.433 e. The highest BCUT2D eigenvalue weighted by Gasteiger charge is 2.52. The van der Waals surface area contributed by atoms with Gasteiger partial charge >= 0.3 is 25.7 Å². The van der Waals surface area contributed by atoms with Gasteiger partial charge in [0.05, 0.1) is 0 Å². The molecule has 0 unspecified atom stereocenters. The minimum atomic E-state index is -3.19. The van der Waals surface area contributed by atoms with E-state index in [1.54, 1.807) is 13.1 Å². The Morgan fingerprint density at radius 2 is 1.14 bits per heavy atom. The number of hydrogen-bond donors (Lipinski definition) is 1. The van der Waals surface area contributed by atoms with Crippen molar-refractivity contribution in [2.75, 3.05) is 0 Å². The molecule has 0 amide bonds. The van der Waals surface area contributed by atoms with Crippen LogP contribution in [0, 0.1) is 0 Å². The predicted molar refractivity (Wildman–Crippen MR) is 126 cm³/mol. The zero-order chi connectivity index (χ0) is 21.1. The summed E-state index contributed by atoms with van der Waals surface area (Å²) < 4.78 is 20.0. The van der Waals surface area contributed by atoms with Crippen LogP contribution in [0.1, 0.15) is 0 Å². The van der Waals surface area contributed by atoms with E-state index in [4.69, 9.17) is 12.3 Å². The molecule has 0 bridgehead atoms. The molecule has 0 saturated carbocycles. The first-order valence-electron chi connectivity index (χ1n) is 9.47. The van der Waals surface area contributed by atoms with Gasteiger partial charge in [0.15, 0.2) is 8.32 Å². The maximum atomic E-state index is 10.8. The molecule has 8 heteroatoms. The molecule has 0 aliphatic heterocycles. The SMILES string of the molecule is C=C[Si](C)(C)O[Si](C)(C)O[Si](O[Si](C)(C)O)(c1ccccc1)c1ccccc1. The maximum Gasteiger partial charge on any atom is 0.389 e. The highest BCUT2D eigenvalue weighted by atomic mass is 28.5. The summed E-state index contributed by atoms with van der Waals surface area (Å²) in [6.45, 7) is 15.8. The average molecular weight is 449 g/mol. The fourth-order valence-electron chi connectivity index (χ4n) is 3.13. The summed E-state index contributed by atoms with van der Waals surface area (Å²) in [5, 5.41) is 1.94. The summed E-state index contributed by atoms with van der Waals surface area (Å²) >= 11 is 0. The zero-order valence-corrected chi connectivity index (χ0v) is 21.7. The Kier molecular flexibility index (Phi) is 7.21. The van der Waals surface area contributed by atoms with Crippen LogP contribution in [-0.4, -0.2) is 38.8 Å². The molecule has 2 aromatic rings. The molecule has 1 N–H and O–H groups in total. The predicted octanol–water partition coefficient (Wildman–Crippen LogP) is 3.62. The van der Waals surface area contributed by atoms with Gasteiger partial charge in [-0.1, -0.05) is 66.4 Å². The number of benzene rings is 2. The van der Waals surface area contributed by atoms with Gasteiger partial charge in [0.25, 0.3) is 0 Å². The third kappa shape index (κ3) is 6.19. The Bertz CT molecular complexity index is 734. The smallest absolute Gasteiger partial charge is 0.389 e. The lowest BCUT2D eigenvalue weighted by Crippen LogP contribution is -2.71. The van der Waals surface area contributed by atoms with E-state index in [2.05, 4.69) is 19.7 Å². The van der Waals surface area contributed by atoms with E-state index in [0.29, 0.717) is 0 Å². The molecule has 0 atom stereocenters. The van der Waals surface area contributed by atoms with E-state index >= 15 is 0 Å². The van der Waals surface area contributed by atoms with Crippen molar-refractivity contribution in [2.24, 2.45) is 0 Å². The second kappa shape index (κ2) is 8.72. The topological polar surface area (TPSA) is 47.9 Å². The Hall–Kier alpha value is -1.11. The zero-order valence-electron chi connectivity index (χ0n) is 17.7. The molecule has 0 saturated heterocycles. The van der Waals surface area contributed by atoms with Crippen LogP contribution in [0.15, 0.2) is 72.9 Å². The lowest BCUT2D eigenvalue weighted by Gasteiger charge is -2.42. The van der Waals surface area contributed by atoms with Crippen LogP contribution in [0.2, 0.25) is 39.3 Å². The van der Waals surface area contributed by atoms with Gasteiger partial charge in [0, 0.05) is 0 Å². The summed E-state index contributed by atoms with van der Waals surface area (Å²) in [6, 6.07) is 20.0. The van der Waals surface area contributed by atoms with Crippen molar-refractivity contribution in [3.63, 3.8) is 0 Å². The molecule has 0 aliphatic carbocycles. The van der Waals surface area contributed by atoms with Gasteiger partial charge in [-0.15, -0.1) is 6.58 Å². The van der Waals surface area contributed by atoms with Crippen LogP contribution in [-0.2, 0) is 12.3 Å². The van der Waals surface area contributed by atoms with Gasteiger partial charge in [0.2, 0.25) is 0 Å². The molecule has 0 aliphatic rings. The van der Waals surface area contributed by atoms with Crippen LogP contribution < -0.4 is 10.4 Å². The van der Waals surface area contributed by atoms with E-state index in [1.165, 1.54) is 0 Å². The van der Waals surface area contributed by atoms with Crippen molar-refractivity contribution in [2.45, 2.75) is 39.3 Å². The Labute approximate surface area is 173 Å². The third-order valence-corrected chi connectivity index (χ3v) is 17.6. The summed E-state index contributed by atoms with van der Waals surface area (Å²) in [7, 11) is -10.8. The van der Waals surface area contributed by atoms with Crippen LogP contribution in [0.4, 0.5) is 0 Å². The normalized spacial score (nSPS) is 13.4. The fourth-order valence-corrected chi connectivity index (χ4v) is 18.7. The van der Waals surface area contributed by atoms with Crippen LogP contribution >= 0.6 is 0 Å². The molecular formula is C20H32O4Si4. The van der Waals surface area contributed by atoms with Crippen molar-refractivity contribution >= 4 is 44.4 Å². The second-order valence-electron chi connectivity index (χ2n) is 8.31. The van der Waals surface area contributed by atoms with Crippen LogP contribution in [0.5, 0.6) is 0 Å². The molecule has 28 heavy (non-hydrogen) atoms. The molecular weight excluding hydrogens is 417 g/mol. The van der Waals surface area contributed by atoms with Gasteiger partial charge in [-0.25, -0.2) is 0 Å². The first kappa shape index (κ1) is 23.2. The van der Waals surface area contributed by atoms with Crippen molar-refractivity contribution in [1.82, 2.24) is 0 Å². The van der Waals surface area contributed by atoms with Gasteiger partial charge in [-0.3, -0.25) is 0 Å². The molecule has 0 fully saturated rings. The molecule has 0 radical (unpaired) electrons. The van der Waals surface area contributed by atoms with Crippen LogP contribution in [0.3, 0.4) is 0 Å².